The molecule has 0 aliphatic heterocycles. The summed E-state index contributed by atoms with van der Waals surface area (Å²) in [4.78, 5) is 4.60. The Bertz CT molecular complexity index is 448. The van der Waals surface area contributed by atoms with Gasteiger partial charge in [-0.25, -0.2) is 4.98 Å². The van der Waals surface area contributed by atoms with Crippen molar-refractivity contribution in [2.75, 3.05) is 13.1 Å². The van der Waals surface area contributed by atoms with Gasteiger partial charge >= 0.3 is 0 Å². The predicted molar refractivity (Wildman–Crippen MR) is 66.6 cm³/mol. The number of rotatable bonds is 4. The lowest BCUT2D eigenvalue weighted by atomic mass is 10.2. The van der Waals surface area contributed by atoms with Crippen molar-refractivity contribution in [2.24, 2.45) is 0 Å². The summed E-state index contributed by atoms with van der Waals surface area (Å²) in [6.07, 6.45) is 1.03. The third kappa shape index (κ3) is 2.55. The van der Waals surface area contributed by atoms with E-state index in [2.05, 4.69) is 42.3 Å². The number of fused-ring (bicyclic) bond motifs is 1. The molecule has 80 valence electrons. The maximum absolute atomic E-state index is 4.60. The van der Waals surface area contributed by atoms with Crippen molar-refractivity contribution >= 4 is 21.6 Å². The fourth-order valence-electron chi connectivity index (χ4n) is 1.56. The zero-order chi connectivity index (χ0) is 10.7. The lowest BCUT2D eigenvalue weighted by Gasteiger charge is -1.96. The lowest BCUT2D eigenvalue weighted by molar-refractivity contribution is 0.715. The highest BCUT2D eigenvalue weighted by molar-refractivity contribution is 7.18. The van der Waals surface area contributed by atoms with E-state index in [-0.39, 0.29) is 0 Å². The van der Waals surface area contributed by atoms with Crippen molar-refractivity contribution in [1.29, 1.82) is 0 Å². The van der Waals surface area contributed by atoms with Crippen molar-refractivity contribution in [2.45, 2.75) is 20.3 Å². The van der Waals surface area contributed by atoms with Crippen LogP contribution in [0, 0.1) is 6.92 Å². The van der Waals surface area contributed by atoms with Gasteiger partial charge in [-0.1, -0.05) is 13.0 Å². The summed E-state index contributed by atoms with van der Waals surface area (Å²) in [5.74, 6) is 0. The van der Waals surface area contributed by atoms with Crippen LogP contribution in [-0.4, -0.2) is 18.1 Å². The van der Waals surface area contributed by atoms with Crippen LogP contribution < -0.4 is 5.32 Å². The van der Waals surface area contributed by atoms with E-state index >= 15 is 0 Å². The van der Waals surface area contributed by atoms with Gasteiger partial charge in [0.05, 0.1) is 15.2 Å². The molecular weight excluding hydrogens is 204 g/mol. The molecule has 0 aliphatic rings. The molecule has 15 heavy (non-hydrogen) atoms. The second-order valence-corrected chi connectivity index (χ2v) is 4.80. The normalized spacial score (nSPS) is 11.1. The first-order valence-electron chi connectivity index (χ1n) is 5.36. The van der Waals surface area contributed by atoms with Gasteiger partial charge in [-0.15, -0.1) is 11.3 Å². The minimum Gasteiger partial charge on any atom is -0.317 e. The van der Waals surface area contributed by atoms with E-state index in [1.165, 1.54) is 15.3 Å². The number of aromatic nitrogens is 1. The molecule has 0 unspecified atom stereocenters. The smallest absolute Gasteiger partial charge is 0.0951 e. The van der Waals surface area contributed by atoms with Crippen LogP contribution in [0.3, 0.4) is 0 Å². The van der Waals surface area contributed by atoms with Gasteiger partial charge in [-0.05, 0) is 31.2 Å². The van der Waals surface area contributed by atoms with Gasteiger partial charge < -0.3 is 5.32 Å². The molecule has 2 rings (SSSR count). The minimum atomic E-state index is 1.02. The van der Waals surface area contributed by atoms with Crippen LogP contribution in [0.1, 0.15) is 17.5 Å². The van der Waals surface area contributed by atoms with Crippen LogP contribution in [0.5, 0.6) is 0 Å². The minimum absolute atomic E-state index is 1.02. The highest BCUT2D eigenvalue weighted by Crippen LogP contribution is 2.23. The van der Waals surface area contributed by atoms with E-state index < -0.39 is 0 Å². The molecule has 0 amide bonds. The van der Waals surface area contributed by atoms with Crippen molar-refractivity contribution < 1.29 is 0 Å². The van der Waals surface area contributed by atoms with Crippen LogP contribution in [0.15, 0.2) is 18.2 Å². The second-order valence-electron chi connectivity index (χ2n) is 3.68. The Labute approximate surface area is 94.3 Å². The molecule has 0 bridgehead atoms. The number of likely N-dealkylation sites (N-methyl/N-ethyl adjacent to an activating group) is 1. The number of thiazole rings is 1. The second kappa shape index (κ2) is 4.73. The largest absolute Gasteiger partial charge is 0.317 e. The first-order chi connectivity index (χ1) is 7.29. The summed E-state index contributed by atoms with van der Waals surface area (Å²) in [6, 6.07) is 6.44. The predicted octanol–water partition coefficient (Wildman–Crippen LogP) is 2.76. The number of nitrogens with one attached hydrogen (secondary N) is 1. The van der Waals surface area contributed by atoms with Gasteiger partial charge in [-0.3, -0.25) is 0 Å². The number of hydrogen-bond acceptors (Lipinski definition) is 3. The Hall–Kier alpha value is -0.930. The van der Waals surface area contributed by atoms with Crippen LogP contribution in [-0.2, 0) is 6.42 Å². The lowest BCUT2D eigenvalue weighted by Crippen LogP contribution is -2.15. The van der Waals surface area contributed by atoms with Crippen LogP contribution >= 0.6 is 11.3 Å². The molecule has 1 aromatic carbocycles. The first kappa shape index (κ1) is 10.6. The Morgan fingerprint density at radius 1 is 1.40 bits per heavy atom. The molecule has 1 aromatic heterocycles. The molecule has 2 aromatic rings. The van der Waals surface area contributed by atoms with Gasteiger partial charge in [0.15, 0.2) is 0 Å². The average Bonchev–Trinajstić information content (AvgIpc) is 2.60. The van der Waals surface area contributed by atoms with Crippen LogP contribution in [0.2, 0.25) is 0 Å². The summed E-state index contributed by atoms with van der Waals surface area (Å²) in [5.41, 5.74) is 2.45. The Morgan fingerprint density at radius 3 is 3.07 bits per heavy atom. The molecule has 0 aliphatic carbocycles. The summed E-state index contributed by atoms with van der Waals surface area (Å²) in [5, 5.41) is 4.55. The fraction of sp³-hybridized carbons (Fsp3) is 0.417. The molecule has 2 nitrogen and oxygen atoms in total. The number of benzene rings is 1. The Balaban J connectivity index is 2.16. The molecule has 0 atom stereocenters. The third-order valence-electron chi connectivity index (χ3n) is 2.35. The molecule has 1 heterocycles. The standard InChI is InChI=1S/C12H16N2S/c1-3-13-7-6-12-14-10-5-4-9(2)8-11(10)15-12/h4-5,8,13H,3,6-7H2,1-2H3. The van der Waals surface area contributed by atoms with Crippen LogP contribution in [0.4, 0.5) is 0 Å². The highest BCUT2D eigenvalue weighted by Gasteiger charge is 2.02. The van der Waals surface area contributed by atoms with Crippen molar-refractivity contribution in [3.05, 3.63) is 28.8 Å². The zero-order valence-electron chi connectivity index (χ0n) is 9.21. The Morgan fingerprint density at radius 2 is 2.27 bits per heavy atom. The van der Waals surface area contributed by atoms with Gasteiger partial charge in [0.1, 0.15) is 0 Å². The molecule has 0 saturated heterocycles. The molecule has 0 saturated carbocycles. The van der Waals surface area contributed by atoms with Gasteiger partial charge in [0, 0.05) is 13.0 Å². The van der Waals surface area contributed by atoms with E-state index in [4.69, 9.17) is 0 Å². The molecule has 3 heteroatoms. The van der Waals surface area contributed by atoms with E-state index in [1.54, 1.807) is 0 Å². The van der Waals surface area contributed by atoms with Gasteiger partial charge in [0.2, 0.25) is 0 Å². The zero-order valence-corrected chi connectivity index (χ0v) is 10.0. The maximum Gasteiger partial charge on any atom is 0.0951 e. The monoisotopic (exact) mass is 220 g/mol. The van der Waals surface area contributed by atoms with Crippen molar-refractivity contribution in [3.8, 4) is 0 Å². The molecule has 0 spiro atoms. The molecule has 0 fully saturated rings. The van der Waals surface area contributed by atoms with E-state index in [0.717, 1.165) is 25.0 Å². The quantitative estimate of drug-likeness (QED) is 0.801. The van der Waals surface area contributed by atoms with Crippen LogP contribution in [0.25, 0.3) is 10.2 Å². The van der Waals surface area contributed by atoms with Crippen molar-refractivity contribution in [1.82, 2.24) is 10.3 Å². The molecule has 1 N–H and O–H groups in total. The van der Waals surface area contributed by atoms with Gasteiger partial charge in [0.25, 0.3) is 0 Å². The van der Waals surface area contributed by atoms with E-state index in [1.807, 2.05) is 11.3 Å². The number of hydrogen-bond donors (Lipinski definition) is 1. The summed E-state index contributed by atoms with van der Waals surface area (Å²) in [7, 11) is 0. The Kier molecular flexibility index (Phi) is 3.34. The van der Waals surface area contributed by atoms with Crippen molar-refractivity contribution in [3.63, 3.8) is 0 Å². The number of aryl methyl sites for hydroxylation is 1. The first-order valence-corrected chi connectivity index (χ1v) is 6.18. The molecular formula is C12H16N2S. The van der Waals surface area contributed by atoms with Gasteiger partial charge in [-0.2, -0.15) is 0 Å². The topological polar surface area (TPSA) is 24.9 Å². The fourth-order valence-corrected chi connectivity index (χ4v) is 2.62. The SMILES string of the molecule is CCNCCc1nc2ccc(C)cc2s1. The highest BCUT2D eigenvalue weighted by atomic mass is 32.1. The van der Waals surface area contributed by atoms with E-state index in [0.29, 0.717) is 0 Å². The maximum atomic E-state index is 4.60. The third-order valence-corrected chi connectivity index (χ3v) is 3.43. The summed E-state index contributed by atoms with van der Waals surface area (Å²) in [6.45, 7) is 6.30. The molecule has 0 radical (unpaired) electrons. The summed E-state index contributed by atoms with van der Waals surface area (Å²) >= 11 is 1.81. The average molecular weight is 220 g/mol. The number of nitrogens with zero attached hydrogens (tertiary/aromatic N) is 1. The summed E-state index contributed by atoms with van der Waals surface area (Å²) < 4.78 is 1.31. The van der Waals surface area contributed by atoms with E-state index in [9.17, 15) is 0 Å².